The van der Waals surface area contributed by atoms with Crippen LogP contribution in [-0.2, 0) is 15.6 Å². The van der Waals surface area contributed by atoms with Crippen LogP contribution in [0.15, 0.2) is 24.3 Å². The Morgan fingerprint density at radius 2 is 1.12 bits per heavy atom. The van der Waals surface area contributed by atoms with E-state index in [9.17, 15) is 15.0 Å². The summed E-state index contributed by atoms with van der Waals surface area (Å²) in [6, 6.07) is 8.24. The molecule has 2 aromatic rings. The predicted octanol–water partition coefficient (Wildman–Crippen LogP) is 7.72. The van der Waals surface area contributed by atoms with Gasteiger partial charge in [0.2, 0.25) is 0 Å². The highest BCUT2D eigenvalue weighted by atomic mass is 16.4. The fraction of sp³-hybridized carbons (Fsp3) is 0.552. The van der Waals surface area contributed by atoms with Crippen molar-refractivity contribution >= 4 is 5.97 Å². The fourth-order valence-electron chi connectivity index (χ4n) is 4.14. The van der Waals surface area contributed by atoms with Crippen LogP contribution in [0, 0.1) is 13.8 Å². The summed E-state index contributed by atoms with van der Waals surface area (Å²) in [5.41, 5.74) is 6.52. The second kappa shape index (κ2) is 11.1. The number of hydrogen-bond acceptors (Lipinski definition) is 3. The number of aromatic hydroxyl groups is 2. The summed E-state index contributed by atoms with van der Waals surface area (Å²) in [5.74, 6) is 0.252. The number of aryl methyl sites for hydroxylation is 2. The molecule has 0 radical (unpaired) electrons. The first-order valence-corrected chi connectivity index (χ1v) is 11.9. The van der Waals surface area contributed by atoms with Crippen molar-refractivity contribution in [3.05, 3.63) is 57.6 Å². The monoisotopic (exact) mass is 456 g/mol. The summed E-state index contributed by atoms with van der Waals surface area (Å²) in [5, 5.41) is 28.8. The Morgan fingerprint density at radius 3 is 1.36 bits per heavy atom. The highest BCUT2D eigenvalue weighted by Gasteiger charge is 2.26. The first-order chi connectivity index (χ1) is 15.0. The molecule has 0 spiro atoms. The van der Waals surface area contributed by atoms with E-state index in [0.717, 1.165) is 35.1 Å². The molecular formula is C29H44O4. The van der Waals surface area contributed by atoms with Crippen LogP contribution in [0.25, 0.3) is 0 Å². The van der Waals surface area contributed by atoms with Crippen molar-refractivity contribution in [3.8, 4) is 11.5 Å². The minimum Gasteiger partial charge on any atom is -0.508 e. The summed E-state index contributed by atoms with van der Waals surface area (Å²) in [6.07, 6.45) is 2.32. The lowest BCUT2D eigenvalue weighted by atomic mass is 9.76. The molecule has 0 saturated heterocycles. The number of benzene rings is 2. The van der Waals surface area contributed by atoms with Crippen LogP contribution >= 0.6 is 0 Å². The van der Waals surface area contributed by atoms with E-state index < -0.39 is 5.97 Å². The standard InChI is InChI=1S/C26H38O2.C3H6O2/c1-10-11-18(19-14-21(25(4,5)6)23(27)12-16(19)2)20-15-22(26(7,8)9)24(28)13-17(20)3;1-2-3(4)5/h12-15,18,27-28H,10-11H2,1-9H3;2H2,1H3,(H,4,5). The van der Waals surface area contributed by atoms with Crippen LogP contribution in [0.3, 0.4) is 0 Å². The van der Waals surface area contributed by atoms with Crippen molar-refractivity contribution < 1.29 is 20.1 Å². The van der Waals surface area contributed by atoms with Gasteiger partial charge in [0, 0.05) is 12.3 Å². The summed E-state index contributed by atoms with van der Waals surface area (Å²) in [4.78, 5) is 9.37. The molecule has 0 atom stereocenters. The van der Waals surface area contributed by atoms with Gasteiger partial charge in [0.05, 0.1) is 0 Å². The van der Waals surface area contributed by atoms with Gasteiger partial charge in [0.1, 0.15) is 11.5 Å². The average Bonchev–Trinajstić information content (AvgIpc) is 2.65. The zero-order valence-electron chi connectivity index (χ0n) is 22.3. The van der Waals surface area contributed by atoms with Gasteiger partial charge in [0.15, 0.2) is 0 Å². The Labute approximate surface area is 200 Å². The second-order valence-corrected chi connectivity index (χ2v) is 11.0. The molecule has 0 bridgehead atoms. The van der Waals surface area contributed by atoms with Crippen LogP contribution in [-0.4, -0.2) is 21.3 Å². The average molecular weight is 457 g/mol. The van der Waals surface area contributed by atoms with E-state index >= 15 is 0 Å². The molecule has 0 unspecified atom stereocenters. The minimum atomic E-state index is -0.745. The van der Waals surface area contributed by atoms with Crippen molar-refractivity contribution in [2.24, 2.45) is 0 Å². The molecule has 0 aliphatic carbocycles. The Balaban J connectivity index is 0.000000981. The van der Waals surface area contributed by atoms with Crippen LogP contribution in [0.2, 0.25) is 0 Å². The van der Waals surface area contributed by atoms with E-state index in [4.69, 9.17) is 5.11 Å². The number of phenolic OH excluding ortho intramolecular Hbond substituents is 2. The van der Waals surface area contributed by atoms with Crippen molar-refractivity contribution in [1.29, 1.82) is 0 Å². The number of hydrogen-bond donors (Lipinski definition) is 3. The maximum absolute atomic E-state index is 10.5. The zero-order chi connectivity index (χ0) is 25.7. The Kier molecular flexibility index (Phi) is 9.59. The van der Waals surface area contributed by atoms with E-state index in [2.05, 4.69) is 74.4 Å². The number of rotatable bonds is 5. The molecule has 3 N–H and O–H groups in total. The predicted molar refractivity (Wildman–Crippen MR) is 138 cm³/mol. The molecule has 0 fully saturated rings. The molecule has 0 saturated carbocycles. The molecule has 0 heterocycles. The first-order valence-electron chi connectivity index (χ1n) is 11.9. The fourth-order valence-corrected chi connectivity index (χ4v) is 4.14. The Morgan fingerprint density at radius 1 is 0.788 bits per heavy atom. The zero-order valence-corrected chi connectivity index (χ0v) is 22.3. The second-order valence-electron chi connectivity index (χ2n) is 11.0. The minimum absolute atomic E-state index is 0.121. The third-order valence-corrected chi connectivity index (χ3v) is 6.02. The highest BCUT2D eigenvalue weighted by molar-refractivity contribution is 5.66. The molecular weight excluding hydrogens is 412 g/mol. The third kappa shape index (κ3) is 7.52. The number of carbonyl (C=O) groups is 1. The van der Waals surface area contributed by atoms with Crippen LogP contribution < -0.4 is 0 Å². The van der Waals surface area contributed by atoms with Gasteiger partial charge in [-0.3, -0.25) is 4.79 Å². The smallest absolute Gasteiger partial charge is 0.303 e. The van der Waals surface area contributed by atoms with E-state index in [-0.39, 0.29) is 23.2 Å². The van der Waals surface area contributed by atoms with Gasteiger partial charge < -0.3 is 15.3 Å². The van der Waals surface area contributed by atoms with E-state index in [1.54, 1.807) is 6.92 Å². The van der Waals surface area contributed by atoms with Crippen molar-refractivity contribution in [3.63, 3.8) is 0 Å². The van der Waals surface area contributed by atoms with Gasteiger partial charge in [-0.05, 0) is 76.6 Å². The maximum atomic E-state index is 10.5. The summed E-state index contributed by atoms with van der Waals surface area (Å²) in [7, 11) is 0. The Hall–Kier alpha value is -2.49. The van der Waals surface area contributed by atoms with Crippen molar-refractivity contribution in [2.75, 3.05) is 0 Å². The SMILES string of the molecule is CCC(=O)O.CCCC(c1cc(C(C)(C)C)c(O)cc1C)c1cc(C(C)(C)C)c(O)cc1C. The molecule has 4 nitrogen and oxygen atoms in total. The van der Waals surface area contributed by atoms with E-state index in [0.29, 0.717) is 11.5 Å². The lowest BCUT2D eigenvalue weighted by Gasteiger charge is -2.29. The maximum Gasteiger partial charge on any atom is 0.303 e. The van der Waals surface area contributed by atoms with Gasteiger partial charge in [0.25, 0.3) is 0 Å². The number of carboxylic acids is 1. The lowest BCUT2D eigenvalue weighted by Crippen LogP contribution is -2.16. The van der Waals surface area contributed by atoms with Gasteiger partial charge in [-0.1, -0.05) is 73.9 Å². The quantitative estimate of drug-likeness (QED) is 0.430. The van der Waals surface area contributed by atoms with Gasteiger partial charge in [-0.2, -0.15) is 0 Å². The van der Waals surface area contributed by atoms with Gasteiger partial charge >= 0.3 is 5.97 Å². The van der Waals surface area contributed by atoms with Crippen LogP contribution in [0.4, 0.5) is 0 Å². The molecule has 0 amide bonds. The molecule has 0 aromatic heterocycles. The van der Waals surface area contributed by atoms with Crippen LogP contribution in [0.5, 0.6) is 11.5 Å². The summed E-state index contributed by atoms with van der Waals surface area (Å²) < 4.78 is 0. The number of aliphatic carboxylic acids is 1. The van der Waals surface area contributed by atoms with E-state index in [1.807, 2.05) is 12.1 Å². The highest BCUT2D eigenvalue weighted by Crippen LogP contribution is 2.42. The molecule has 0 aliphatic rings. The molecule has 2 rings (SSSR count). The molecule has 4 heteroatoms. The molecule has 0 aliphatic heterocycles. The number of phenols is 2. The van der Waals surface area contributed by atoms with E-state index in [1.165, 1.54) is 11.1 Å². The molecule has 33 heavy (non-hydrogen) atoms. The van der Waals surface area contributed by atoms with Crippen LogP contribution in [0.1, 0.15) is 114 Å². The molecule has 184 valence electrons. The van der Waals surface area contributed by atoms with Crippen molar-refractivity contribution in [1.82, 2.24) is 0 Å². The first kappa shape index (κ1) is 28.5. The summed E-state index contributed by atoms with van der Waals surface area (Å²) in [6.45, 7) is 20.8. The largest absolute Gasteiger partial charge is 0.508 e. The lowest BCUT2D eigenvalue weighted by molar-refractivity contribution is -0.136. The topological polar surface area (TPSA) is 77.8 Å². The van der Waals surface area contributed by atoms with Gasteiger partial charge in [-0.25, -0.2) is 0 Å². The normalized spacial score (nSPS) is 11.8. The van der Waals surface area contributed by atoms with Crippen molar-refractivity contribution in [2.45, 2.75) is 105 Å². The number of carboxylic acid groups (broad SMARTS) is 1. The molecule has 2 aromatic carbocycles. The summed E-state index contributed by atoms with van der Waals surface area (Å²) >= 11 is 0. The van der Waals surface area contributed by atoms with Gasteiger partial charge in [-0.15, -0.1) is 0 Å². The Bertz CT molecular complexity index is 890. The third-order valence-electron chi connectivity index (χ3n) is 6.02.